The molecule has 0 aliphatic carbocycles. The molecule has 4 rings (SSSR count). The molecule has 0 bridgehead atoms. The van der Waals surface area contributed by atoms with E-state index in [2.05, 4.69) is 20.6 Å². The fourth-order valence-electron chi connectivity index (χ4n) is 3.58. The standard InChI is InChI=1S/C23H20N8O2/c1-32-17-8-7-13(9-14(17)11-33-15-5-3-2-4-6-15)20-18-19(26)16(10-24)21(27)30-22(18)31-23(29-20)28-12-25/h2-9,20H,11H2,1H3,(H6,26,27,28,29,30,31). The Morgan fingerprint density at radius 3 is 2.64 bits per heavy atom. The van der Waals surface area contributed by atoms with E-state index < -0.39 is 6.04 Å². The number of nitrogens with two attached hydrogens (primary N) is 2. The van der Waals surface area contributed by atoms with Crippen molar-refractivity contribution < 1.29 is 9.47 Å². The second-order valence-corrected chi connectivity index (χ2v) is 7.07. The molecule has 33 heavy (non-hydrogen) atoms. The number of hydrogen-bond donors (Lipinski definition) is 4. The Kier molecular flexibility index (Phi) is 5.83. The second-order valence-electron chi connectivity index (χ2n) is 7.07. The Morgan fingerprint density at radius 2 is 1.94 bits per heavy atom. The van der Waals surface area contributed by atoms with E-state index in [4.69, 9.17) is 26.2 Å². The van der Waals surface area contributed by atoms with Crippen LogP contribution in [0.5, 0.6) is 11.5 Å². The number of rotatable bonds is 5. The molecule has 6 N–H and O–H groups in total. The highest BCUT2D eigenvalue weighted by atomic mass is 16.5. The van der Waals surface area contributed by atoms with E-state index in [1.54, 1.807) is 13.2 Å². The molecule has 10 heteroatoms. The van der Waals surface area contributed by atoms with Crippen molar-refractivity contribution >= 4 is 23.3 Å². The highest BCUT2D eigenvalue weighted by Crippen LogP contribution is 2.41. The fourth-order valence-corrected chi connectivity index (χ4v) is 3.58. The van der Waals surface area contributed by atoms with Crippen molar-refractivity contribution in [3.05, 3.63) is 70.8 Å². The predicted molar refractivity (Wildman–Crippen MR) is 123 cm³/mol. The molecule has 10 nitrogen and oxygen atoms in total. The van der Waals surface area contributed by atoms with E-state index in [-0.39, 0.29) is 29.6 Å². The van der Waals surface area contributed by atoms with Crippen LogP contribution in [0.15, 0.2) is 53.5 Å². The summed E-state index contributed by atoms with van der Waals surface area (Å²) in [5.41, 5.74) is 14.5. The maximum atomic E-state index is 9.49. The van der Waals surface area contributed by atoms with Gasteiger partial charge in [-0.25, -0.2) is 9.98 Å². The number of hydrogen-bond acceptors (Lipinski definition) is 10. The third-order valence-corrected chi connectivity index (χ3v) is 5.12. The maximum Gasteiger partial charge on any atom is 0.211 e. The van der Waals surface area contributed by atoms with Gasteiger partial charge in [0.15, 0.2) is 6.19 Å². The molecule has 1 aromatic heterocycles. The zero-order valence-corrected chi connectivity index (χ0v) is 17.7. The van der Waals surface area contributed by atoms with E-state index >= 15 is 0 Å². The summed E-state index contributed by atoms with van der Waals surface area (Å²) >= 11 is 0. The number of fused-ring (bicyclic) bond motifs is 1. The number of nitriles is 2. The number of benzene rings is 2. The van der Waals surface area contributed by atoms with Gasteiger partial charge in [0.2, 0.25) is 5.96 Å². The quantitative estimate of drug-likeness (QED) is 0.344. The summed E-state index contributed by atoms with van der Waals surface area (Å²) in [4.78, 5) is 8.85. The number of anilines is 3. The van der Waals surface area contributed by atoms with E-state index in [1.807, 2.05) is 54.7 Å². The van der Waals surface area contributed by atoms with Crippen molar-refractivity contribution in [2.75, 3.05) is 23.9 Å². The van der Waals surface area contributed by atoms with Crippen LogP contribution in [0.4, 0.5) is 17.3 Å². The number of ether oxygens (including phenoxy) is 2. The van der Waals surface area contributed by atoms with Crippen LogP contribution >= 0.6 is 0 Å². The van der Waals surface area contributed by atoms with Gasteiger partial charge in [-0.3, -0.25) is 5.32 Å². The first-order chi connectivity index (χ1) is 16.0. The molecule has 1 unspecified atom stereocenters. The first-order valence-electron chi connectivity index (χ1n) is 9.89. The third-order valence-electron chi connectivity index (χ3n) is 5.12. The van der Waals surface area contributed by atoms with Crippen LogP contribution < -0.4 is 31.6 Å². The fraction of sp³-hybridized carbons (Fsp3) is 0.130. The molecule has 0 amide bonds. The van der Waals surface area contributed by atoms with Gasteiger partial charge in [-0.05, 0) is 29.8 Å². The van der Waals surface area contributed by atoms with Crippen molar-refractivity contribution in [2.24, 2.45) is 4.99 Å². The molecule has 1 atom stereocenters. The molecule has 2 aromatic carbocycles. The van der Waals surface area contributed by atoms with E-state index in [0.29, 0.717) is 17.1 Å². The molecule has 2 heterocycles. The summed E-state index contributed by atoms with van der Waals surface area (Å²) < 4.78 is 11.4. The van der Waals surface area contributed by atoms with Crippen molar-refractivity contribution in [1.82, 2.24) is 10.3 Å². The lowest BCUT2D eigenvalue weighted by atomic mass is 9.94. The average molecular weight is 440 g/mol. The number of nitrogen functional groups attached to an aromatic ring is 2. The Morgan fingerprint density at radius 1 is 1.15 bits per heavy atom. The summed E-state index contributed by atoms with van der Waals surface area (Å²) in [6, 6.07) is 16.3. The minimum Gasteiger partial charge on any atom is -0.496 e. The van der Waals surface area contributed by atoms with E-state index in [9.17, 15) is 5.26 Å². The molecule has 0 fully saturated rings. The number of guanidine groups is 1. The molecular formula is C23H20N8O2. The normalized spacial score (nSPS) is 14.0. The van der Waals surface area contributed by atoms with Crippen molar-refractivity contribution in [1.29, 1.82) is 10.5 Å². The number of nitrogens with one attached hydrogen (secondary N) is 2. The van der Waals surface area contributed by atoms with Crippen LogP contribution in [0.25, 0.3) is 0 Å². The van der Waals surface area contributed by atoms with Gasteiger partial charge < -0.3 is 26.3 Å². The summed E-state index contributed by atoms with van der Waals surface area (Å²) in [5.74, 6) is 1.86. The van der Waals surface area contributed by atoms with Gasteiger partial charge in [0, 0.05) is 11.1 Å². The molecule has 164 valence electrons. The Bertz CT molecular complexity index is 1310. The monoisotopic (exact) mass is 440 g/mol. The van der Waals surface area contributed by atoms with Crippen molar-refractivity contribution in [3.8, 4) is 23.8 Å². The highest BCUT2D eigenvalue weighted by Gasteiger charge is 2.30. The molecule has 1 aliphatic rings. The zero-order chi connectivity index (χ0) is 23.4. The minimum atomic E-state index is -0.654. The average Bonchev–Trinajstić information content (AvgIpc) is 2.83. The van der Waals surface area contributed by atoms with Gasteiger partial charge in [-0.1, -0.05) is 24.3 Å². The Balaban J connectivity index is 1.79. The van der Waals surface area contributed by atoms with E-state index in [1.165, 1.54) is 0 Å². The second kappa shape index (κ2) is 9.04. The van der Waals surface area contributed by atoms with Crippen molar-refractivity contribution in [3.63, 3.8) is 0 Å². The summed E-state index contributed by atoms with van der Waals surface area (Å²) in [6.45, 7) is 0.255. The Labute approximate surface area is 190 Å². The van der Waals surface area contributed by atoms with Crippen LogP contribution in [0.3, 0.4) is 0 Å². The number of methoxy groups -OCH3 is 1. The maximum absolute atomic E-state index is 9.49. The van der Waals surface area contributed by atoms with E-state index in [0.717, 1.165) is 16.9 Å². The van der Waals surface area contributed by atoms with Crippen LogP contribution in [0.2, 0.25) is 0 Å². The molecule has 0 radical (unpaired) electrons. The van der Waals surface area contributed by atoms with Gasteiger partial charge >= 0.3 is 0 Å². The topological polar surface area (TPSA) is 167 Å². The SMILES string of the molecule is COc1ccc(C2N=C(NC#N)Nc3nc(N)c(C#N)c(N)c32)cc1COc1ccccc1. The largest absolute Gasteiger partial charge is 0.496 e. The van der Waals surface area contributed by atoms with Crippen LogP contribution in [-0.4, -0.2) is 18.1 Å². The lowest BCUT2D eigenvalue weighted by Gasteiger charge is -2.26. The number of aliphatic imine (C=N–C) groups is 1. The van der Waals surface area contributed by atoms with Gasteiger partial charge in [0.1, 0.15) is 47.4 Å². The van der Waals surface area contributed by atoms with Crippen LogP contribution in [0, 0.1) is 22.8 Å². The first-order valence-corrected chi connectivity index (χ1v) is 9.89. The summed E-state index contributed by atoms with van der Waals surface area (Å²) in [7, 11) is 1.58. The van der Waals surface area contributed by atoms with Gasteiger partial charge in [-0.15, -0.1) is 0 Å². The Hall–Kier alpha value is -4.96. The predicted octanol–water partition coefficient (Wildman–Crippen LogP) is 2.65. The summed E-state index contributed by atoms with van der Waals surface area (Å²) in [5, 5.41) is 24.0. The number of aromatic nitrogens is 1. The van der Waals surface area contributed by atoms with Crippen LogP contribution in [-0.2, 0) is 6.61 Å². The first kappa shape index (κ1) is 21.3. The molecule has 0 spiro atoms. The molecular weight excluding hydrogens is 420 g/mol. The van der Waals surface area contributed by atoms with Gasteiger partial charge in [0.25, 0.3) is 0 Å². The molecule has 1 aliphatic heterocycles. The summed E-state index contributed by atoms with van der Waals surface area (Å²) in [6.07, 6.45) is 1.83. The zero-order valence-electron chi connectivity index (χ0n) is 17.7. The molecule has 0 saturated heterocycles. The highest BCUT2D eigenvalue weighted by molar-refractivity contribution is 5.98. The molecule has 3 aromatic rings. The molecule has 0 saturated carbocycles. The lowest BCUT2D eigenvalue weighted by Crippen LogP contribution is -2.32. The van der Waals surface area contributed by atoms with Crippen molar-refractivity contribution in [2.45, 2.75) is 12.6 Å². The number of nitrogens with zero attached hydrogens (tertiary/aromatic N) is 4. The van der Waals surface area contributed by atoms with Gasteiger partial charge in [-0.2, -0.15) is 10.5 Å². The number of para-hydroxylation sites is 1. The van der Waals surface area contributed by atoms with Crippen LogP contribution in [0.1, 0.15) is 28.3 Å². The minimum absolute atomic E-state index is 0.00936. The number of pyridine rings is 1. The smallest absolute Gasteiger partial charge is 0.211 e. The lowest BCUT2D eigenvalue weighted by molar-refractivity contribution is 0.296. The third kappa shape index (κ3) is 4.13. The van der Waals surface area contributed by atoms with Gasteiger partial charge in [0.05, 0.1) is 12.8 Å².